The molecule has 2 bridgehead atoms. The van der Waals surface area contributed by atoms with E-state index in [2.05, 4.69) is 5.32 Å². The minimum Gasteiger partial charge on any atom is -0.494 e. The molecular formula is C16H22N2O2. The number of ether oxygens (including phenoxy) is 1. The van der Waals surface area contributed by atoms with Gasteiger partial charge >= 0.3 is 0 Å². The van der Waals surface area contributed by atoms with E-state index in [0.29, 0.717) is 22.9 Å². The van der Waals surface area contributed by atoms with E-state index in [1.807, 2.05) is 0 Å². The van der Waals surface area contributed by atoms with Gasteiger partial charge in [-0.05, 0) is 49.1 Å². The van der Waals surface area contributed by atoms with Crippen LogP contribution in [0, 0.1) is 17.8 Å². The van der Waals surface area contributed by atoms with Gasteiger partial charge in [0.25, 0.3) is 5.91 Å². The first-order chi connectivity index (χ1) is 9.69. The minimum atomic E-state index is -0.0862. The van der Waals surface area contributed by atoms with Crippen LogP contribution in [0.25, 0.3) is 0 Å². The van der Waals surface area contributed by atoms with E-state index in [-0.39, 0.29) is 5.91 Å². The average molecular weight is 274 g/mol. The number of hydrogen-bond donors (Lipinski definition) is 2. The van der Waals surface area contributed by atoms with Crippen LogP contribution in [0.4, 0.5) is 5.69 Å². The molecule has 1 aromatic carbocycles. The Morgan fingerprint density at radius 3 is 2.90 bits per heavy atom. The Morgan fingerprint density at radius 2 is 2.25 bits per heavy atom. The maximum absolute atomic E-state index is 12.3. The highest BCUT2D eigenvalue weighted by molar-refractivity contribution is 5.98. The molecule has 0 spiro atoms. The number of fused-ring (bicyclic) bond motifs is 2. The lowest BCUT2D eigenvalue weighted by Crippen LogP contribution is -2.31. The largest absolute Gasteiger partial charge is 0.494 e. The number of nitrogens with two attached hydrogens (primary N) is 1. The highest BCUT2D eigenvalue weighted by Crippen LogP contribution is 2.47. The van der Waals surface area contributed by atoms with Gasteiger partial charge in [-0.3, -0.25) is 4.79 Å². The molecule has 2 aliphatic carbocycles. The van der Waals surface area contributed by atoms with Crippen molar-refractivity contribution in [3.63, 3.8) is 0 Å². The topological polar surface area (TPSA) is 64.3 Å². The van der Waals surface area contributed by atoms with Crippen LogP contribution >= 0.6 is 0 Å². The first-order valence-corrected chi connectivity index (χ1v) is 7.39. The summed E-state index contributed by atoms with van der Waals surface area (Å²) in [5.41, 5.74) is 6.86. The lowest BCUT2D eigenvalue weighted by molar-refractivity contribution is 0.0939. The van der Waals surface area contributed by atoms with E-state index >= 15 is 0 Å². The van der Waals surface area contributed by atoms with Gasteiger partial charge in [0.15, 0.2) is 5.75 Å². The van der Waals surface area contributed by atoms with Crippen LogP contribution in [0.5, 0.6) is 5.75 Å². The Balaban J connectivity index is 1.63. The molecule has 0 aromatic heterocycles. The zero-order valence-corrected chi connectivity index (χ0v) is 11.9. The lowest BCUT2D eigenvalue weighted by Gasteiger charge is -2.22. The van der Waals surface area contributed by atoms with Crippen molar-refractivity contribution in [1.82, 2.24) is 5.32 Å². The second-order valence-electron chi connectivity index (χ2n) is 6.07. The van der Waals surface area contributed by atoms with E-state index < -0.39 is 0 Å². The summed E-state index contributed by atoms with van der Waals surface area (Å²) in [6.07, 6.45) is 5.37. The van der Waals surface area contributed by atoms with Gasteiger partial charge in [-0.2, -0.15) is 0 Å². The van der Waals surface area contributed by atoms with E-state index in [1.54, 1.807) is 25.3 Å². The van der Waals surface area contributed by atoms with Crippen molar-refractivity contribution >= 4 is 11.6 Å². The highest BCUT2D eigenvalue weighted by Gasteiger charge is 2.39. The first-order valence-electron chi connectivity index (χ1n) is 7.39. The number of nitrogen functional groups attached to an aromatic ring is 1. The molecule has 2 saturated carbocycles. The Kier molecular flexibility index (Phi) is 3.55. The molecule has 4 heteroatoms. The number of carbonyl (C=O) groups is 1. The quantitative estimate of drug-likeness (QED) is 0.829. The van der Waals surface area contributed by atoms with Crippen molar-refractivity contribution < 1.29 is 9.53 Å². The molecule has 108 valence electrons. The Morgan fingerprint density at radius 1 is 1.40 bits per heavy atom. The standard InChI is InChI=1S/C16H22N2O2/c1-20-15-13(3-2-4-14(15)17)16(19)18-9-12-8-10-5-6-11(12)7-10/h2-4,10-12H,5-9,17H2,1H3,(H,18,19). The van der Waals surface area contributed by atoms with E-state index in [0.717, 1.165) is 18.4 Å². The third kappa shape index (κ3) is 2.35. The maximum atomic E-state index is 12.3. The fourth-order valence-electron chi connectivity index (χ4n) is 3.91. The summed E-state index contributed by atoms with van der Waals surface area (Å²) < 4.78 is 5.23. The van der Waals surface area contributed by atoms with Crippen LogP contribution in [0.1, 0.15) is 36.0 Å². The summed E-state index contributed by atoms with van der Waals surface area (Å²) in [5.74, 6) is 2.77. The molecule has 2 fully saturated rings. The van der Waals surface area contributed by atoms with Gasteiger partial charge in [-0.25, -0.2) is 0 Å². The van der Waals surface area contributed by atoms with Gasteiger partial charge < -0.3 is 15.8 Å². The van der Waals surface area contributed by atoms with Crippen LogP contribution in [-0.2, 0) is 0 Å². The minimum absolute atomic E-state index is 0.0862. The second kappa shape index (κ2) is 5.35. The van der Waals surface area contributed by atoms with Gasteiger partial charge in [0, 0.05) is 6.54 Å². The summed E-state index contributed by atoms with van der Waals surface area (Å²) in [5, 5.41) is 3.05. The number of benzene rings is 1. The van der Waals surface area contributed by atoms with Gasteiger partial charge in [-0.1, -0.05) is 12.5 Å². The number of carbonyl (C=O) groups excluding carboxylic acids is 1. The normalized spacial score (nSPS) is 27.6. The van der Waals surface area contributed by atoms with Crippen LogP contribution in [0.3, 0.4) is 0 Å². The molecule has 1 aromatic rings. The molecule has 3 N–H and O–H groups in total. The van der Waals surface area contributed by atoms with Crippen LogP contribution in [0.15, 0.2) is 18.2 Å². The zero-order chi connectivity index (χ0) is 14.1. The number of hydrogen-bond acceptors (Lipinski definition) is 3. The smallest absolute Gasteiger partial charge is 0.255 e. The van der Waals surface area contributed by atoms with Crippen molar-refractivity contribution in [2.24, 2.45) is 17.8 Å². The van der Waals surface area contributed by atoms with E-state index in [4.69, 9.17) is 10.5 Å². The highest BCUT2D eigenvalue weighted by atomic mass is 16.5. The van der Waals surface area contributed by atoms with Crippen molar-refractivity contribution in [3.8, 4) is 5.75 Å². The molecule has 3 rings (SSSR count). The number of para-hydroxylation sites is 1. The van der Waals surface area contributed by atoms with Crippen LogP contribution < -0.4 is 15.8 Å². The number of amides is 1. The molecule has 0 heterocycles. The fraction of sp³-hybridized carbons (Fsp3) is 0.562. The summed E-state index contributed by atoms with van der Waals surface area (Å²) >= 11 is 0. The molecule has 0 aliphatic heterocycles. The number of methoxy groups -OCH3 is 1. The molecule has 2 aliphatic rings. The average Bonchev–Trinajstić information content (AvgIpc) is 3.07. The van der Waals surface area contributed by atoms with Crippen molar-refractivity contribution in [3.05, 3.63) is 23.8 Å². The molecule has 0 saturated heterocycles. The van der Waals surface area contributed by atoms with E-state index in [9.17, 15) is 4.79 Å². The van der Waals surface area contributed by atoms with Gasteiger partial charge in [0.2, 0.25) is 0 Å². The molecule has 4 nitrogen and oxygen atoms in total. The first kappa shape index (κ1) is 13.3. The number of rotatable bonds is 4. The third-order valence-corrected chi connectivity index (χ3v) is 4.90. The Bertz CT molecular complexity index is 515. The second-order valence-corrected chi connectivity index (χ2v) is 6.07. The van der Waals surface area contributed by atoms with E-state index in [1.165, 1.54) is 25.7 Å². The Hall–Kier alpha value is -1.71. The molecule has 3 atom stereocenters. The third-order valence-electron chi connectivity index (χ3n) is 4.90. The zero-order valence-electron chi connectivity index (χ0n) is 11.9. The molecule has 1 amide bonds. The van der Waals surface area contributed by atoms with Gasteiger partial charge in [0.1, 0.15) is 0 Å². The molecular weight excluding hydrogens is 252 g/mol. The number of nitrogens with one attached hydrogen (secondary N) is 1. The number of anilines is 1. The van der Waals surface area contributed by atoms with Crippen LogP contribution in [0.2, 0.25) is 0 Å². The lowest BCUT2D eigenvalue weighted by atomic mass is 9.89. The van der Waals surface area contributed by atoms with Crippen LogP contribution in [-0.4, -0.2) is 19.6 Å². The van der Waals surface area contributed by atoms with Crippen molar-refractivity contribution in [1.29, 1.82) is 0 Å². The summed E-state index contributed by atoms with van der Waals surface area (Å²) in [4.78, 5) is 12.3. The predicted octanol–water partition coefficient (Wildman–Crippen LogP) is 2.44. The summed E-state index contributed by atoms with van der Waals surface area (Å²) in [7, 11) is 1.54. The van der Waals surface area contributed by atoms with Crippen molar-refractivity contribution in [2.45, 2.75) is 25.7 Å². The maximum Gasteiger partial charge on any atom is 0.255 e. The predicted molar refractivity (Wildman–Crippen MR) is 78.7 cm³/mol. The van der Waals surface area contributed by atoms with Gasteiger partial charge in [-0.15, -0.1) is 0 Å². The monoisotopic (exact) mass is 274 g/mol. The SMILES string of the molecule is COc1c(N)cccc1C(=O)NCC1CC2CCC1C2. The van der Waals surface area contributed by atoms with Crippen molar-refractivity contribution in [2.75, 3.05) is 19.4 Å². The Labute approximate surface area is 119 Å². The van der Waals surface area contributed by atoms with Gasteiger partial charge in [0.05, 0.1) is 18.4 Å². The molecule has 20 heavy (non-hydrogen) atoms. The summed E-state index contributed by atoms with van der Waals surface area (Å²) in [6.45, 7) is 0.776. The fourth-order valence-corrected chi connectivity index (χ4v) is 3.91. The molecule has 0 radical (unpaired) electrons. The molecule has 3 unspecified atom stereocenters. The summed E-state index contributed by atoms with van der Waals surface area (Å²) in [6, 6.07) is 5.28.